The summed E-state index contributed by atoms with van der Waals surface area (Å²) in [6.07, 6.45) is 0.685. The highest BCUT2D eigenvalue weighted by Crippen LogP contribution is 2.30. The van der Waals surface area contributed by atoms with Gasteiger partial charge in [-0.25, -0.2) is 0 Å². The van der Waals surface area contributed by atoms with Crippen LogP contribution in [0, 0.1) is 0 Å². The van der Waals surface area contributed by atoms with Crippen molar-refractivity contribution in [1.82, 2.24) is 14.7 Å². The van der Waals surface area contributed by atoms with Crippen molar-refractivity contribution in [2.45, 2.75) is 19.8 Å². The van der Waals surface area contributed by atoms with Gasteiger partial charge in [-0.15, -0.1) is 0 Å². The van der Waals surface area contributed by atoms with Crippen LogP contribution in [0.25, 0.3) is 10.8 Å². The van der Waals surface area contributed by atoms with Crippen molar-refractivity contribution < 1.29 is 19.2 Å². The van der Waals surface area contributed by atoms with E-state index in [1.165, 1.54) is 11.8 Å². The molecule has 0 atom stereocenters. The number of rotatable bonds is 4. The molecule has 2 heterocycles. The number of carbonyl (C=O) groups is 4. The summed E-state index contributed by atoms with van der Waals surface area (Å²) in [4.78, 5) is 54.3. The third-order valence-electron chi connectivity index (χ3n) is 5.71. The number of benzene rings is 2. The third kappa shape index (κ3) is 3.48. The van der Waals surface area contributed by atoms with E-state index in [-0.39, 0.29) is 36.6 Å². The third-order valence-corrected chi connectivity index (χ3v) is 5.71. The molecule has 2 aliphatic rings. The molecule has 0 aromatic heterocycles. The number of hydrogen-bond acceptors (Lipinski definition) is 4. The quantitative estimate of drug-likeness (QED) is 0.744. The molecule has 4 rings (SSSR count). The Morgan fingerprint density at radius 1 is 0.862 bits per heavy atom. The van der Waals surface area contributed by atoms with E-state index in [2.05, 4.69) is 0 Å². The van der Waals surface area contributed by atoms with Gasteiger partial charge in [0.15, 0.2) is 0 Å². The molecule has 0 unspecified atom stereocenters. The largest absolute Gasteiger partial charge is 0.339 e. The Morgan fingerprint density at radius 3 is 1.97 bits per heavy atom. The van der Waals surface area contributed by atoms with Crippen molar-refractivity contribution in [1.29, 1.82) is 0 Å². The van der Waals surface area contributed by atoms with E-state index in [4.69, 9.17) is 0 Å². The predicted octanol–water partition coefficient (Wildman–Crippen LogP) is 1.91. The summed E-state index contributed by atoms with van der Waals surface area (Å²) in [5, 5.41) is 1.59. The Hall–Kier alpha value is -3.22. The Kier molecular flexibility index (Phi) is 5.05. The first kappa shape index (κ1) is 19.1. The average molecular weight is 393 g/mol. The van der Waals surface area contributed by atoms with E-state index >= 15 is 0 Å². The van der Waals surface area contributed by atoms with Crippen LogP contribution in [0.15, 0.2) is 36.4 Å². The summed E-state index contributed by atoms with van der Waals surface area (Å²) in [5.41, 5.74) is 1.06. The molecule has 2 aliphatic heterocycles. The van der Waals surface area contributed by atoms with Crippen LogP contribution in [0.2, 0.25) is 0 Å². The minimum absolute atomic E-state index is 0.00684. The van der Waals surface area contributed by atoms with Crippen molar-refractivity contribution in [2.24, 2.45) is 0 Å². The lowest BCUT2D eigenvalue weighted by molar-refractivity contribution is -0.138. The van der Waals surface area contributed by atoms with Gasteiger partial charge in [-0.05, 0) is 23.9 Å². The van der Waals surface area contributed by atoms with E-state index in [0.29, 0.717) is 49.1 Å². The van der Waals surface area contributed by atoms with Gasteiger partial charge in [-0.3, -0.25) is 24.1 Å². The van der Waals surface area contributed by atoms with Crippen LogP contribution in [0.5, 0.6) is 0 Å². The van der Waals surface area contributed by atoms with Crippen molar-refractivity contribution >= 4 is 34.4 Å². The highest BCUT2D eigenvalue weighted by molar-refractivity contribution is 6.25. The van der Waals surface area contributed by atoms with E-state index in [1.54, 1.807) is 21.9 Å². The molecular weight excluding hydrogens is 370 g/mol. The van der Waals surface area contributed by atoms with Gasteiger partial charge in [-0.1, -0.05) is 24.3 Å². The van der Waals surface area contributed by atoms with Gasteiger partial charge in [0.2, 0.25) is 11.8 Å². The minimum Gasteiger partial charge on any atom is -0.339 e. The molecule has 2 aromatic rings. The Balaban J connectivity index is 1.38. The first-order chi connectivity index (χ1) is 14.0. The molecule has 0 radical (unpaired) electrons. The topological polar surface area (TPSA) is 78.0 Å². The van der Waals surface area contributed by atoms with Gasteiger partial charge in [0.25, 0.3) is 11.8 Å². The van der Waals surface area contributed by atoms with E-state index in [9.17, 15) is 19.2 Å². The maximum Gasteiger partial charge on any atom is 0.261 e. The Morgan fingerprint density at radius 2 is 1.41 bits per heavy atom. The van der Waals surface area contributed by atoms with Crippen LogP contribution in [0.3, 0.4) is 0 Å². The van der Waals surface area contributed by atoms with Gasteiger partial charge < -0.3 is 9.80 Å². The lowest BCUT2D eigenvalue weighted by Gasteiger charge is -2.34. The van der Waals surface area contributed by atoms with E-state index in [0.717, 1.165) is 5.39 Å². The molecule has 7 heteroatoms. The number of hydrogen-bond donors (Lipinski definition) is 0. The minimum atomic E-state index is -0.304. The standard InChI is InChI=1S/C22H23N3O4/c1-15(26)23-11-13-24(14-12-23)19(27)9-4-10-25-21(28)17-7-2-5-16-6-3-8-18(20(16)17)22(25)29/h2-3,5-8H,4,9-14H2,1H3. The number of piperazine rings is 1. The fraction of sp³-hybridized carbons (Fsp3) is 0.364. The molecule has 2 aromatic carbocycles. The van der Waals surface area contributed by atoms with Crippen molar-refractivity contribution in [3.05, 3.63) is 47.5 Å². The fourth-order valence-corrected chi connectivity index (χ4v) is 4.10. The van der Waals surface area contributed by atoms with Gasteiger partial charge in [0, 0.05) is 62.6 Å². The van der Waals surface area contributed by atoms with Gasteiger partial charge in [0.1, 0.15) is 0 Å². The molecule has 4 amide bonds. The monoisotopic (exact) mass is 393 g/mol. The van der Waals surface area contributed by atoms with Crippen LogP contribution in [0.4, 0.5) is 0 Å². The van der Waals surface area contributed by atoms with Crippen LogP contribution in [0.1, 0.15) is 40.5 Å². The second kappa shape index (κ2) is 7.66. The molecule has 0 saturated carbocycles. The number of amides is 4. The molecule has 0 N–H and O–H groups in total. The highest BCUT2D eigenvalue weighted by Gasteiger charge is 2.32. The van der Waals surface area contributed by atoms with E-state index in [1.807, 2.05) is 24.3 Å². The highest BCUT2D eigenvalue weighted by atomic mass is 16.2. The smallest absolute Gasteiger partial charge is 0.261 e. The molecule has 1 fully saturated rings. The lowest BCUT2D eigenvalue weighted by atomic mass is 9.94. The summed E-state index contributed by atoms with van der Waals surface area (Å²) in [5.74, 6) is -0.592. The molecule has 1 saturated heterocycles. The van der Waals surface area contributed by atoms with Crippen LogP contribution >= 0.6 is 0 Å². The molecule has 150 valence electrons. The average Bonchev–Trinajstić information content (AvgIpc) is 2.74. The van der Waals surface area contributed by atoms with E-state index < -0.39 is 0 Å². The SMILES string of the molecule is CC(=O)N1CCN(C(=O)CCCN2C(=O)c3cccc4cccc(c34)C2=O)CC1. The van der Waals surface area contributed by atoms with Crippen LogP contribution in [-0.4, -0.2) is 71.1 Å². The zero-order valence-corrected chi connectivity index (χ0v) is 16.4. The summed E-state index contributed by atoms with van der Waals surface area (Å²) in [7, 11) is 0. The maximum atomic E-state index is 12.9. The predicted molar refractivity (Wildman–Crippen MR) is 107 cm³/mol. The molecule has 7 nitrogen and oxygen atoms in total. The summed E-state index contributed by atoms with van der Waals surface area (Å²) < 4.78 is 0. The Bertz CT molecular complexity index is 958. The first-order valence-corrected chi connectivity index (χ1v) is 9.88. The zero-order valence-electron chi connectivity index (χ0n) is 16.4. The van der Waals surface area contributed by atoms with Crippen molar-refractivity contribution in [3.63, 3.8) is 0 Å². The second-order valence-electron chi connectivity index (χ2n) is 7.46. The van der Waals surface area contributed by atoms with Gasteiger partial charge in [-0.2, -0.15) is 0 Å². The number of nitrogens with zero attached hydrogens (tertiary/aromatic N) is 3. The molecule has 29 heavy (non-hydrogen) atoms. The number of carbonyl (C=O) groups excluding carboxylic acids is 4. The number of imide groups is 1. The summed E-state index contributed by atoms with van der Waals surface area (Å²) in [6.45, 7) is 3.88. The van der Waals surface area contributed by atoms with Crippen molar-refractivity contribution in [3.8, 4) is 0 Å². The first-order valence-electron chi connectivity index (χ1n) is 9.88. The molecule has 0 spiro atoms. The van der Waals surface area contributed by atoms with Gasteiger partial charge >= 0.3 is 0 Å². The lowest BCUT2D eigenvalue weighted by Crippen LogP contribution is -2.50. The summed E-state index contributed by atoms with van der Waals surface area (Å²) >= 11 is 0. The molecule has 0 bridgehead atoms. The van der Waals surface area contributed by atoms with Gasteiger partial charge in [0.05, 0.1) is 0 Å². The maximum absolute atomic E-state index is 12.9. The van der Waals surface area contributed by atoms with Crippen LogP contribution < -0.4 is 0 Å². The fourth-order valence-electron chi connectivity index (χ4n) is 4.10. The molecule has 0 aliphatic carbocycles. The summed E-state index contributed by atoms with van der Waals surface area (Å²) in [6, 6.07) is 10.9. The zero-order chi connectivity index (χ0) is 20.5. The second-order valence-corrected chi connectivity index (χ2v) is 7.46. The molecular formula is C22H23N3O4. The Labute approximate surface area is 168 Å². The van der Waals surface area contributed by atoms with Crippen LogP contribution in [-0.2, 0) is 9.59 Å². The normalized spacial score (nSPS) is 16.5. The van der Waals surface area contributed by atoms with Crippen molar-refractivity contribution in [2.75, 3.05) is 32.7 Å².